The molecule has 0 spiro atoms. The molecule has 10 nitrogen and oxygen atoms in total. The number of methoxy groups -OCH3 is 1. The highest BCUT2D eigenvalue weighted by molar-refractivity contribution is 5.93. The Morgan fingerprint density at radius 3 is 2.57 bits per heavy atom. The first-order valence-electron chi connectivity index (χ1n) is 8.08. The molecule has 1 amide bonds. The number of para-hydroxylation sites is 1. The zero-order valence-corrected chi connectivity index (χ0v) is 14.9. The molecular weight excluding hydrogens is 368 g/mol. The van der Waals surface area contributed by atoms with E-state index in [0.29, 0.717) is 5.69 Å². The van der Waals surface area contributed by atoms with Crippen LogP contribution in [0, 0.1) is 21.4 Å². The van der Waals surface area contributed by atoms with Crippen molar-refractivity contribution < 1.29 is 19.2 Å². The van der Waals surface area contributed by atoms with Gasteiger partial charge in [-0.15, -0.1) is 0 Å². The summed E-state index contributed by atoms with van der Waals surface area (Å²) in [7, 11) is 1.09. The summed E-state index contributed by atoms with van der Waals surface area (Å²) in [6, 6.07) is 11.2. The fraction of sp³-hybridized carbons (Fsp3) is 0.222. The molecule has 10 heteroatoms. The number of hydrogen-bond donors (Lipinski definition) is 0. The number of aromatic nitrogens is 1. The quantitative estimate of drug-likeness (QED) is 0.401. The van der Waals surface area contributed by atoms with Gasteiger partial charge in [0, 0.05) is 24.5 Å². The van der Waals surface area contributed by atoms with Crippen molar-refractivity contribution in [1.82, 2.24) is 4.57 Å². The maximum atomic E-state index is 12.8. The predicted octanol–water partition coefficient (Wildman–Crippen LogP) is 1.49. The van der Waals surface area contributed by atoms with Crippen LogP contribution in [-0.4, -0.2) is 35.0 Å². The van der Waals surface area contributed by atoms with Gasteiger partial charge >= 0.3 is 17.2 Å². The molecule has 2 rings (SSSR count). The van der Waals surface area contributed by atoms with Crippen molar-refractivity contribution >= 4 is 23.3 Å². The van der Waals surface area contributed by atoms with Gasteiger partial charge in [0.2, 0.25) is 5.91 Å². The van der Waals surface area contributed by atoms with E-state index in [0.717, 1.165) is 23.9 Å². The van der Waals surface area contributed by atoms with Crippen LogP contribution in [0.1, 0.15) is 16.8 Å². The van der Waals surface area contributed by atoms with Gasteiger partial charge in [-0.3, -0.25) is 24.3 Å². The van der Waals surface area contributed by atoms with Crippen molar-refractivity contribution in [3.05, 3.63) is 68.6 Å². The minimum Gasteiger partial charge on any atom is -0.465 e. The monoisotopic (exact) mass is 384 g/mol. The summed E-state index contributed by atoms with van der Waals surface area (Å²) in [4.78, 5) is 48.3. The van der Waals surface area contributed by atoms with Crippen molar-refractivity contribution in [1.29, 1.82) is 5.26 Å². The van der Waals surface area contributed by atoms with E-state index in [1.807, 2.05) is 6.07 Å². The van der Waals surface area contributed by atoms with E-state index >= 15 is 0 Å². The zero-order valence-electron chi connectivity index (χ0n) is 14.9. The predicted molar refractivity (Wildman–Crippen MR) is 97.7 cm³/mol. The van der Waals surface area contributed by atoms with Crippen LogP contribution in [0.5, 0.6) is 0 Å². The third-order valence-electron chi connectivity index (χ3n) is 3.81. The molecule has 2 aromatic rings. The highest BCUT2D eigenvalue weighted by Gasteiger charge is 2.23. The SMILES string of the molecule is COC(=O)c1cc([N+](=O)[O-])c(=O)n(CC(=O)N(CCC#N)c2ccccc2)c1. The number of amides is 1. The summed E-state index contributed by atoms with van der Waals surface area (Å²) in [5.41, 5.74) is -1.60. The molecule has 0 saturated carbocycles. The molecule has 0 bridgehead atoms. The van der Waals surface area contributed by atoms with E-state index in [1.54, 1.807) is 30.3 Å². The van der Waals surface area contributed by atoms with Crippen LogP contribution in [0.4, 0.5) is 11.4 Å². The van der Waals surface area contributed by atoms with Crippen LogP contribution in [0.2, 0.25) is 0 Å². The lowest BCUT2D eigenvalue weighted by atomic mass is 10.2. The van der Waals surface area contributed by atoms with Crippen LogP contribution in [0.3, 0.4) is 0 Å². The minimum atomic E-state index is -1.03. The van der Waals surface area contributed by atoms with Crippen molar-refractivity contribution in [3.63, 3.8) is 0 Å². The van der Waals surface area contributed by atoms with Gasteiger partial charge in [0.1, 0.15) is 6.54 Å². The van der Waals surface area contributed by atoms with E-state index in [2.05, 4.69) is 4.74 Å². The number of pyridine rings is 1. The largest absolute Gasteiger partial charge is 0.465 e. The Bertz CT molecular complexity index is 993. The molecule has 0 aliphatic carbocycles. The second-order valence-electron chi connectivity index (χ2n) is 5.58. The van der Waals surface area contributed by atoms with Crippen molar-refractivity contribution in [2.75, 3.05) is 18.6 Å². The molecule has 0 fully saturated rings. The zero-order chi connectivity index (χ0) is 20.7. The Morgan fingerprint density at radius 1 is 1.32 bits per heavy atom. The number of nitrogens with zero attached hydrogens (tertiary/aromatic N) is 4. The molecule has 1 aromatic carbocycles. The van der Waals surface area contributed by atoms with Crippen molar-refractivity contribution in [2.24, 2.45) is 0 Å². The molecule has 0 N–H and O–H groups in total. The standard InChI is InChI=1S/C18H16N4O6/c1-28-18(25)13-10-15(22(26)27)17(24)20(11-13)12-16(23)21(9-5-8-19)14-6-3-2-4-7-14/h2-4,6-7,10-11H,5,9,12H2,1H3. The van der Waals surface area contributed by atoms with Gasteiger partial charge in [-0.1, -0.05) is 18.2 Å². The Labute approximate surface area is 159 Å². The lowest BCUT2D eigenvalue weighted by Crippen LogP contribution is -2.37. The van der Waals surface area contributed by atoms with Gasteiger partial charge in [0.25, 0.3) is 0 Å². The van der Waals surface area contributed by atoms with Crippen molar-refractivity contribution in [3.8, 4) is 6.07 Å². The third-order valence-corrected chi connectivity index (χ3v) is 3.81. The fourth-order valence-electron chi connectivity index (χ4n) is 2.50. The highest BCUT2D eigenvalue weighted by atomic mass is 16.6. The van der Waals surface area contributed by atoms with Crippen LogP contribution in [-0.2, 0) is 16.1 Å². The van der Waals surface area contributed by atoms with E-state index in [9.17, 15) is 24.5 Å². The maximum Gasteiger partial charge on any atom is 0.339 e. The molecule has 1 heterocycles. The summed E-state index contributed by atoms with van der Waals surface area (Å²) in [5.74, 6) is -1.45. The van der Waals surface area contributed by atoms with Gasteiger partial charge in [-0.25, -0.2) is 4.79 Å². The molecule has 0 aliphatic heterocycles. The third kappa shape index (κ3) is 4.59. The van der Waals surface area contributed by atoms with Crippen LogP contribution in [0.25, 0.3) is 0 Å². The second-order valence-corrected chi connectivity index (χ2v) is 5.58. The van der Waals surface area contributed by atoms with E-state index in [1.165, 1.54) is 4.90 Å². The number of nitro groups is 1. The Kier molecular flexibility index (Phi) is 6.59. The second kappa shape index (κ2) is 9.09. The van der Waals surface area contributed by atoms with E-state index < -0.39 is 34.6 Å². The molecule has 0 atom stereocenters. The number of carbonyl (C=O) groups is 2. The number of esters is 1. The van der Waals surface area contributed by atoms with E-state index in [4.69, 9.17) is 5.26 Å². The van der Waals surface area contributed by atoms with Crippen LogP contribution >= 0.6 is 0 Å². The van der Waals surface area contributed by atoms with Gasteiger partial charge < -0.3 is 9.64 Å². The normalized spacial score (nSPS) is 10.0. The van der Waals surface area contributed by atoms with Gasteiger partial charge in [-0.2, -0.15) is 5.26 Å². The number of hydrogen-bond acceptors (Lipinski definition) is 7. The average molecular weight is 384 g/mol. The smallest absolute Gasteiger partial charge is 0.339 e. The van der Waals surface area contributed by atoms with Crippen LogP contribution < -0.4 is 10.5 Å². The Hall–Kier alpha value is -4.00. The topological polar surface area (TPSA) is 136 Å². The molecule has 144 valence electrons. The summed E-state index contributed by atoms with van der Waals surface area (Å²) in [6.45, 7) is -0.474. The molecule has 1 aromatic heterocycles. The first-order valence-corrected chi connectivity index (χ1v) is 8.08. The molecular formula is C18H16N4O6. The number of rotatable bonds is 7. The van der Waals surface area contributed by atoms with Gasteiger partial charge in [-0.05, 0) is 12.1 Å². The average Bonchev–Trinajstić information content (AvgIpc) is 2.69. The molecule has 0 unspecified atom stereocenters. The first-order chi connectivity index (χ1) is 13.4. The molecule has 0 aliphatic rings. The number of anilines is 1. The lowest BCUT2D eigenvalue weighted by Gasteiger charge is -2.22. The van der Waals surface area contributed by atoms with Gasteiger partial charge in [0.15, 0.2) is 0 Å². The summed E-state index contributed by atoms with van der Waals surface area (Å²) in [6.07, 6.45) is 1.09. The molecule has 0 radical (unpaired) electrons. The lowest BCUT2D eigenvalue weighted by molar-refractivity contribution is -0.386. The Balaban J connectivity index is 2.44. The highest BCUT2D eigenvalue weighted by Crippen LogP contribution is 2.15. The number of benzene rings is 1. The van der Waals surface area contributed by atoms with Gasteiger partial charge in [0.05, 0.1) is 30.1 Å². The van der Waals surface area contributed by atoms with Crippen molar-refractivity contribution in [2.45, 2.75) is 13.0 Å². The summed E-state index contributed by atoms with van der Waals surface area (Å²) >= 11 is 0. The maximum absolute atomic E-state index is 12.8. The summed E-state index contributed by atoms with van der Waals surface area (Å²) in [5, 5.41) is 20.0. The first kappa shape index (κ1) is 20.3. The molecule has 0 saturated heterocycles. The number of nitriles is 1. The number of ether oxygens (including phenoxy) is 1. The van der Waals surface area contributed by atoms with Crippen LogP contribution in [0.15, 0.2) is 47.4 Å². The fourth-order valence-corrected chi connectivity index (χ4v) is 2.50. The Morgan fingerprint density at radius 2 is 2.00 bits per heavy atom. The minimum absolute atomic E-state index is 0.0535. The number of carbonyl (C=O) groups excluding carboxylic acids is 2. The summed E-state index contributed by atoms with van der Waals surface area (Å²) < 4.78 is 5.32. The van der Waals surface area contributed by atoms with E-state index in [-0.39, 0.29) is 18.5 Å². The molecule has 28 heavy (non-hydrogen) atoms.